The van der Waals surface area contributed by atoms with Crippen molar-refractivity contribution < 1.29 is 13.6 Å². The topological polar surface area (TPSA) is 17.1 Å². The van der Waals surface area contributed by atoms with Gasteiger partial charge in [0.2, 0.25) is 6.29 Å². The predicted molar refractivity (Wildman–Crippen MR) is 42.8 cm³/mol. The Hall–Kier alpha value is -0.900. The Morgan fingerprint density at radius 2 is 1.83 bits per heavy atom. The first-order valence-electron chi connectivity index (χ1n) is 3.16. The minimum absolute atomic E-state index is 0.0862. The highest BCUT2D eigenvalue weighted by Crippen LogP contribution is 2.19. The van der Waals surface area contributed by atoms with Crippen molar-refractivity contribution in [1.82, 2.24) is 0 Å². The van der Waals surface area contributed by atoms with Crippen molar-refractivity contribution in [1.29, 1.82) is 0 Å². The molecule has 0 unspecified atom stereocenters. The van der Waals surface area contributed by atoms with Crippen molar-refractivity contribution in [2.24, 2.45) is 0 Å². The number of hydrogen-bond acceptors (Lipinski definition) is 2. The van der Waals surface area contributed by atoms with Crippen LogP contribution in [0.1, 0.15) is 0 Å². The zero-order chi connectivity index (χ0) is 8.97. The molecular formula is C8H5F2OS. The Kier molecular flexibility index (Phi) is 3.22. The van der Waals surface area contributed by atoms with Crippen molar-refractivity contribution in [2.75, 3.05) is 5.75 Å². The molecule has 12 heavy (non-hydrogen) atoms. The summed E-state index contributed by atoms with van der Waals surface area (Å²) in [7, 11) is 0. The van der Waals surface area contributed by atoms with E-state index < -0.39 is 11.6 Å². The molecule has 0 aliphatic rings. The number of benzene rings is 1. The van der Waals surface area contributed by atoms with Gasteiger partial charge in [-0.2, -0.15) is 0 Å². The summed E-state index contributed by atoms with van der Waals surface area (Å²) in [4.78, 5) is 10.2. The number of thioether (sulfide) groups is 1. The lowest BCUT2D eigenvalue weighted by Gasteiger charge is -1.97. The summed E-state index contributed by atoms with van der Waals surface area (Å²) in [5, 5.41) is 0. The molecule has 1 rings (SSSR count). The maximum Gasteiger partial charge on any atom is 0.209 e. The molecule has 1 aromatic carbocycles. The first-order chi connectivity index (χ1) is 5.72. The van der Waals surface area contributed by atoms with E-state index in [0.29, 0.717) is 4.90 Å². The van der Waals surface area contributed by atoms with E-state index in [-0.39, 0.29) is 5.75 Å². The molecular weight excluding hydrogens is 182 g/mol. The molecule has 0 bridgehead atoms. The van der Waals surface area contributed by atoms with Crippen molar-refractivity contribution in [2.45, 2.75) is 4.90 Å². The first kappa shape index (κ1) is 9.19. The third-order valence-corrected chi connectivity index (χ3v) is 1.97. The summed E-state index contributed by atoms with van der Waals surface area (Å²) in [6.07, 6.45) is 1.62. The molecule has 0 spiro atoms. The molecule has 0 fully saturated rings. The standard InChI is InChI=1S/C8H5F2OS/c9-6-3-7(10)5-8(4-6)12-2-1-11/h3-5H,2H2. The zero-order valence-electron chi connectivity index (χ0n) is 6.01. The molecule has 0 aliphatic carbocycles. The van der Waals surface area contributed by atoms with E-state index in [1.165, 1.54) is 12.1 Å². The second-order valence-electron chi connectivity index (χ2n) is 2.04. The summed E-state index contributed by atoms with van der Waals surface area (Å²) >= 11 is 1.05. The van der Waals surface area contributed by atoms with Gasteiger partial charge in [0.05, 0.1) is 5.75 Å². The SMILES string of the molecule is O=[C]CSc1cc(F)cc(F)c1. The minimum Gasteiger partial charge on any atom is -0.290 e. The highest BCUT2D eigenvalue weighted by atomic mass is 32.2. The van der Waals surface area contributed by atoms with Crippen LogP contribution in [0.4, 0.5) is 8.78 Å². The van der Waals surface area contributed by atoms with Crippen LogP contribution in [0.15, 0.2) is 23.1 Å². The van der Waals surface area contributed by atoms with Crippen LogP contribution in [0.3, 0.4) is 0 Å². The number of hydrogen-bond donors (Lipinski definition) is 0. The van der Waals surface area contributed by atoms with Gasteiger partial charge in [0.1, 0.15) is 11.6 Å². The molecule has 0 heterocycles. The Morgan fingerprint density at radius 1 is 1.25 bits per heavy atom. The third kappa shape index (κ3) is 2.62. The van der Waals surface area contributed by atoms with Crippen LogP contribution in [0, 0.1) is 11.6 Å². The monoisotopic (exact) mass is 187 g/mol. The second-order valence-corrected chi connectivity index (χ2v) is 3.09. The Bertz CT molecular complexity index is 268. The Balaban J connectivity index is 2.78. The molecule has 0 atom stereocenters. The molecule has 0 N–H and O–H groups in total. The first-order valence-corrected chi connectivity index (χ1v) is 4.15. The number of rotatable bonds is 3. The molecule has 0 aliphatic heterocycles. The van der Waals surface area contributed by atoms with E-state index in [4.69, 9.17) is 0 Å². The lowest BCUT2D eigenvalue weighted by Crippen LogP contribution is -1.83. The molecule has 0 aromatic heterocycles. The lowest BCUT2D eigenvalue weighted by atomic mass is 10.3. The van der Waals surface area contributed by atoms with Crippen LogP contribution in [0.25, 0.3) is 0 Å². The molecule has 63 valence electrons. The van der Waals surface area contributed by atoms with E-state index in [0.717, 1.165) is 17.8 Å². The fourth-order valence-corrected chi connectivity index (χ4v) is 1.34. The van der Waals surface area contributed by atoms with Gasteiger partial charge in [-0.25, -0.2) is 8.78 Å². The van der Waals surface area contributed by atoms with Gasteiger partial charge in [0.15, 0.2) is 0 Å². The van der Waals surface area contributed by atoms with E-state index in [1.807, 2.05) is 0 Å². The quantitative estimate of drug-likeness (QED) is 0.674. The highest BCUT2D eigenvalue weighted by molar-refractivity contribution is 7.99. The van der Waals surface area contributed by atoms with Gasteiger partial charge in [-0.05, 0) is 12.1 Å². The number of halogens is 2. The van der Waals surface area contributed by atoms with Gasteiger partial charge in [-0.15, -0.1) is 11.8 Å². The summed E-state index contributed by atoms with van der Waals surface area (Å²) in [5.41, 5.74) is 0. The molecule has 0 saturated carbocycles. The highest BCUT2D eigenvalue weighted by Gasteiger charge is 2.00. The Labute approximate surface area is 72.8 Å². The summed E-state index contributed by atoms with van der Waals surface area (Å²) in [6, 6.07) is 3.13. The van der Waals surface area contributed by atoms with Crippen LogP contribution < -0.4 is 0 Å². The molecule has 1 aromatic rings. The van der Waals surface area contributed by atoms with Gasteiger partial charge in [-0.1, -0.05) is 0 Å². The van der Waals surface area contributed by atoms with E-state index in [2.05, 4.69) is 0 Å². The maximum absolute atomic E-state index is 12.5. The van der Waals surface area contributed by atoms with Crippen molar-refractivity contribution in [3.8, 4) is 0 Å². The molecule has 1 radical (unpaired) electrons. The van der Waals surface area contributed by atoms with Crippen molar-refractivity contribution in [3.05, 3.63) is 29.8 Å². The van der Waals surface area contributed by atoms with Gasteiger partial charge in [-0.3, -0.25) is 4.79 Å². The van der Waals surface area contributed by atoms with Crippen molar-refractivity contribution >= 4 is 18.0 Å². The summed E-state index contributed by atoms with van der Waals surface area (Å²) < 4.78 is 25.0. The van der Waals surface area contributed by atoms with Crippen molar-refractivity contribution in [3.63, 3.8) is 0 Å². The third-order valence-electron chi connectivity index (χ3n) is 1.13. The average Bonchev–Trinajstić information content (AvgIpc) is 1.99. The minimum atomic E-state index is -0.636. The van der Waals surface area contributed by atoms with E-state index in [1.54, 1.807) is 6.29 Å². The fourth-order valence-electron chi connectivity index (χ4n) is 0.725. The van der Waals surface area contributed by atoms with Crippen LogP contribution in [-0.4, -0.2) is 12.0 Å². The Morgan fingerprint density at radius 3 is 2.33 bits per heavy atom. The lowest BCUT2D eigenvalue weighted by molar-refractivity contribution is 0.560. The average molecular weight is 187 g/mol. The summed E-state index contributed by atoms with van der Waals surface area (Å²) in [5.74, 6) is -1.19. The van der Waals surface area contributed by atoms with Gasteiger partial charge in [0.25, 0.3) is 0 Å². The molecule has 0 amide bonds. The van der Waals surface area contributed by atoms with E-state index in [9.17, 15) is 13.6 Å². The number of carbonyl (C=O) groups excluding carboxylic acids is 1. The van der Waals surface area contributed by atoms with Crippen LogP contribution in [0.5, 0.6) is 0 Å². The summed E-state index contributed by atoms with van der Waals surface area (Å²) in [6.45, 7) is 0. The van der Waals surface area contributed by atoms with E-state index >= 15 is 0 Å². The predicted octanol–water partition coefficient (Wildman–Crippen LogP) is 2.17. The smallest absolute Gasteiger partial charge is 0.209 e. The van der Waals surface area contributed by atoms with Crippen LogP contribution in [0.2, 0.25) is 0 Å². The second kappa shape index (κ2) is 4.21. The fraction of sp³-hybridized carbons (Fsp3) is 0.125. The molecule has 0 saturated heterocycles. The molecule has 4 heteroatoms. The normalized spacial score (nSPS) is 9.83. The largest absolute Gasteiger partial charge is 0.290 e. The zero-order valence-corrected chi connectivity index (χ0v) is 6.83. The van der Waals surface area contributed by atoms with Gasteiger partial charge in [0, 0.05) is 11.0 Å². The van der Waals surface area contributed by atoms with Crippen LogP contribution >= 0.6 is 11.8 Å². The maximum atomic E-state index is 12.5. The molecule has 1 nitrogen and oxygen atoms in total. The van der Waals surface area contributed by atoms with Gasteiger partial charge < -0.3 is 0 Å². The van der Waals surface area contributed by atoms with Gasteiger partial charge >= 0.3 is 0 Å². The van der Waals surface area contributed by atoms with Crippen LogP contribution in [-0.2, 0) is 4.79 Å².